The van der Waals surface area contributed by atoms with Crippen LogP contribution in [0.3, 0.4) is 0 Å². The normalized spacial score (nSPS) is 10.9. The van der Waals surface area contributed by atoms with Crippen molar-refractivity contribution < 1.29 is 4.79 Å². The number of carbonyl (C=O) groups is 1. The third-order valence-corrected chi connectivity index (χ3v) is 4.84. The number of hydrazone groups is 1. The van der Waals surface area contributed by atoms with E-state index in [9.17, 15) is 4.79 Å². The smallest absolute Gasteiger partial charge is 0.267 e. The Balaban J connectivity index is 1.81. The minimum atomic E-state index is -0.233. The van der Waals surface area contributed by atoms with Crippen molar-refractivity contribution in [1.82, 2.24) is 5.43 Å². The fourth-order valence-corrected chi connectivity index (χ4v) is 3.07. The number of benzene rings is 3. The number of nitrogens with zero attached hydrogens (tertiary/aromatic N) is 1. The predicted molar refractivity (Wildman–Crippen MR) is 125 cm³/mol. The van der Waals surface area contributed by atoms with Crippen LogP contribution in [-0.2, 0) is 0 Å². The molecule has 0 aliphatic heterocycles. The fraction of sp³-hybridized carbons (Fsp3) is 0. The number of hydrogen-bond acceptors (Lipinski definition) is 2. The van der Waals surface area contributed by atoms with Crippen LogP contribution in [-0.4, -0.2) is 11.6 Å². The molecule has 3 aromatic rings. The molecule has 1 amide bonds. The molecule has 0 radical (unpaired) electrons. The second kappa shape index (κ2) is 10.4. The molecule has 0 bridgehead atoms. The van der Waals surface area contributed by atoms with Gasteiger partial charge in [-0.25, -0.2) is 5.43 Å². The lowest BCUT2D eigenvalue weighted by Gasteiger charge is -2.03. The molecule has 0 aromatic heterocycles. The first-order valence-electron chi connectivity index (χ1n) is 8.81. The van der Waals surface area contributed by atoms with Gasteiger partial charge in [-0.3, -0.25) is 4.79 Å². The van der Waals surface area contributed by atoms with E-state index in [0.29, 0.717) is 11.3 Å². The molecule has 3 nitrogen and oxygen atoms in total. The van der Waals surface area contributed by atoms with Crippen molar-refractivity contribution in [2.24, 2.45) is 5.10 Å². The topological polar surface area (TPSA) is 41.5 Å². The van der Waals surface area contributed by atoms with E-state index in [-0.39, 0.29) is 5.91 Å². The van der Waals surface area contributed by atoms with E-state index in [1.807, 2.05) is 103 Å². The molecule has 3 aromatic carbocycles. The van der Waals surface area contributed by atoms with Gasteiger partial charge < -0.3 is 0 Å². The number of hydrogen-bond donors (Lipinski definition) is 1. The molecule has 0 saturated heterocycles. The summed E-state index contributed by atoms with van der Waals surface area (Å²) in [5, 5.41) is 4.31. The Labute approximate surface area is 178 Å². The van der Waals surface area contributed by atoms with Crippen LogP contribution < -0.4 is 5.43 Å². The van der Waals surface area contributed by atoms with Crippen molar-refractivity contribution in [2.45, 2.75) is 0 Å². The first-order valence-corrected chi connectivity index (χ1v) is 9.89. The van der Waals surface area contributed by atoms with E-state index in [1.165, 1.54) is 0 Å². The molecule has 28 heavy (non-hydrogen) atoms. The van der Waals surface area contributed by atoms with Gasteiger partial charge in [0.05, 0.1) is 11.3 Å². The summed E-state index contributed by atoms with van der Waals surface area (Å²) in [6.45, 7) is 0. The second-order valence-electron chi connectivity index (χ2n) is 5.95. The molecule has 138 valence electrons. The standard InChI is InChI=1S/C24H19IN2O/c25-23-14-8-7-13-22(23)24(28)27-26-21(17-15-19-9-3-1-4-10-19)18-16-20-11-5-2-6-12-20/h1-18H,(H,27,28)/b17-15+,18-16+. The Morgan fingerprint density at radius 2 is 1.25 bits per heavy atom. The zero-order valence-corrected chi connectivity index (χ0v) is 17.3. The van der Waals surface area contributed by atoms with Gasteiger partial charge in [0.25, 0.3) is 5.91 Å². The largest absolute Gasteiger partial charge is 0.272 e. The van der Waals surface area contributed by atoms with Gasteiger partial charge in [0, 0.05) is 3.57 Å². The zero-order valence-electron chi connectivity index (χ0n) is 15.1. The molecule has 0 spiro atoms. The summed E-state index contributed by atoms with van der Waals surface area (Å²) in [4.78, 5) is 12.4. The quantitative estimate of drug-likeness (QED) is 0.272. The highest BCUT2D eigenvalue weighted by atomic mass is 127. The van der Waals surface area contributed by atoms with Crippen molar-refractivity contribution in [3.63, 3.8) is 0 Å². The van der Waals surface area contributed by atoms with E-state index in [4.69, 9.17) is 0 Å². The van der Waals surface area contributed by atoms with Gasteiger partial charge in [0.2, 0.25) is 0 Å². The van der Waals surface area contributed by atoms with Crippen LogP contribution in [0.5, 0.6) is 0 Å². The Morgan fingerprint density at radius 3 is 1.79 bits per heavy atom. The van der Waals surface area contributed by atoms with Gasteiger partial charge in [-0.05, 0) is 58.0 Å². The van der Waals surface area contributed by atoms with Crippen molar-refractivity contribution in [3.05, 3.63) is 117 Å². The highest BCUT2D eigenvalue weighted by Gasteiger charge is 2.07. The van der Waals surface area contributed by atoms with Gasteiger partial charge in [-0.1, -0.05) is 84.9 Å². The number of carbonyl (C=O) groups excluding carboxylic acids is 1. The van der Waals surface area contributed by atoms with Crippen LogP contribution >= 0.6 is 22.6 Å². The van der Waals surface area contributed by atoms with Crippen molar-refractivity contribution in [3.8, 4) is 0 Å². The number of nitrogens with one attached hydrogen (secondary N) is 1. The van der Waals surface area contributed by atoms with Gasteiger partial charge in [-0.2, -0.15) is 5.10 Å². The third kappa shape index (κ3) is 6.03. The molecule has 0 saturated carbocycles. The van der Waals surface area contributed by atoms with E-state index in [1.54, 1.807) is 6.07 Å². The summed E-state index contributed by atoms with van der Waals surface area (Å²) in [6, 6.07) is 27.4. The summed E-state index contributed by atoms with van der Waals surface area (Å²) in [5.41, 5.74) is 6.03. The Morgan fingerprint density at radius 1 is 0.750 bits per heavy atom. The van der Waals surface area contributed by atoms with Crippen molar-refractivity contribution in [1.29, 1.82) is 0 Å². The third-order valence-electron chi connectivity index (χ3n) is 3.90. The predicted octanol–water partition coefficient (Wildman–Crippen LogP) is 5.80. The molecule has 0 aliphatic rings. The minimum absolute atomic E-state index is 0.233. The molecule has 0 unspecified atom stereocenters. The summed E-state index contributed by atoms with van der Waals surface area (Å²) in [6.07, 6.45) is 7.69. The van der Waals surface area contributed by atoms with Crippen LogP contribution in [0, 0.1) is 3.57 Å². The summed E-state index contributed by atoms with van der Waals surface area (Å²) >= 11 is 2.14. The minimum Gasteiger partial charge on any atom is -0.267 e. The van der Waals surface area contributed by atoms with Crippen molar-refractivity contribution in [2.75, 3.05) is 0 Å². The number of halogens is 1. The lowest BCUT2D eigenvalue weighted by molar-refractivity contribution is 0.0954. The number of amides is 1. The molecule has 0 fully saturated rings. The molecule has 0 atom stereocenters. The highest BCUT2D eigenvalue weighted by molar-refractivity contribution is 14.1. The van der Waals surface area contributed by atoms with Gasteiger partial charge in [0.15, 0.2) is 0 Å². The summed E-state index contributed by atoms with van der Waals surface area (Å²) in [5.74, 6) is -0.233. The van der Waals surface area contributed by atoms with Gasteiger partial charge >= 0.3 is 0 Å². The SMILES string of the molecule is O=C(NN=C(/C=C/c1ccccc1)/C=C/c1ccccc1)c1ccccc1I. The number of allylic oxidation sites excluding steroid dienone is 2. The molecule has 4 heteroatoms. The average molecular weight is 478 g/mol. The molecular formula is C24H19IN2O. The first-order chi connectivity index (χ1) is 13.7. The maximum absolute atomic E-state index is 12.4. The van der Waals surface area contributed by atoms with Gasteiger partial charge in [-0.15, -0.1) is 0 Å². The highest BCUT2D eigenvalue weighted by Crippen LogP contribution is 2.11. The molecule has 0 heterocycles. The van der Waals surface area contributed by atoms with E-state index in [2.05, 4.69) is 33.1 Å². The molecule has 1 N–H and O–H groups in total. The second-order valence-corrected chi connectivity index (χ2v) is 7.11. The van der Waals surface area contributed by atoms with E-state index < -0.39 is 0 Å². The van der Waals surface area contributed by atoms with E-state index >= 15 is 0 Å². The van der Waals surface area contributed by atoms with Gasteiger partial charge in [0.1, 0.15) is 0 Å². The van der Waals surface area contributed by atoms with Crippen LogP contribution in [0.2, 0.25) is 0 Å². The lowest BCUT2D eigenvalue weighted by Crippen LogP contribution is -2.19. The number of rotatable bonds is 6. The monoisotopic (exact) mass is 478 g/mol. The van der Waals surface area contributed by atoms with E-state index in [0.717, 1.165) is 14.7 Å². The van der Waals surface area contributed by atoms with Crippen LogP contribution in [0.25, 0.3) is 12.2 Å². The van der Waals surface area contributed by atoms with Crippen LogP contribution in [0.4, 0.5) is 0 Å². The maximum atomic E-state index is 12.4. The Bertz CT molecular complexity index is 958. The average Bonchev–Trinajstić information content (AvgIpc) is 2.75. The zero-order chi connectivity index (χ0) is 19.6. The van der Waals surface area contributed by atoms with Crippen LogP contribution in [0.15, 0.2) is 102 Å². The molecule has 3 rings (SSSR count). The maximum Gasteiger partial charge on any atom is 0.272 e. The van der Waals surface area contributed by atoms with Crippen LogP contribution in [0.1, 0.15) is 21.5 Å². The Kier molecular flexibility index (Phi) is 7.32. The molecule has 0 aliphatic carbocycles. The molecular weight excluding hydrogens is 459 g/mol. The Hall–Kier alpha value is -2.99. The lowest BCUT2D eigenvalue weighted by atomic mass is 10.1. The summed E-state index contributed by atoms with van der Waals surface area (Å²) < 4.78 is 0.883. The van der Waals surface area contributed by atoms with Crippen molar-refractivity contribution >= 4 is 46.4 Å². The fourth-order valence-electron chi connectivity index (χ4n) is 2.44. The first kappa shape index (κ1) is 19.8. The summed E-state index contributed by atoms with van der Waals surface area (Å²) in [7, 11) is 0.